The third-order valence-corrected chi connectivity index (χ3v) is 3.44. The molecular formula is C15H18O3. The Hall–Kier alpha value is -1.64. The van der Waals surface area contributed by atoms with Gasteiger partial charge < -0.3 is 4.74 Å². The fourth-order valence-corrected chi connectivity index (χ4v) is 2.38. The van der Waals surface area contributed by atoms with Crippen molar-refractivity contribution in [2.75, 3.05) is 0 Å². The SMILES string of the molecule is CC1=C2C(=O)C/C(C)=C/CC/C(C)=C\[C@@H]2OC1=O. The average Bonchev–Trinajstić information content (AvgIpc) is 2.53. The van der Waals surface area contributed by atoms with E-state index in [1.165, 1.54) is 0 Å². The second kappa shape index (κ2) is 4.92. The summed E-state index contributed by atoms with van der Waals surface area (Å²) in [5.41, 5.74) is 3.21. The third kappa shape index (κ3) is 2.45. The van der Waals surface area contributed by atoms with E-state index in [-0.39, 0.29) is 11.8 Å². The molecule has 1 atom stereocenters. The van der Waals surface area contributed by atoms with Gasteiger partial charge in [0.1, 0.15) is 6.10 Å². The number of carbonyl (C=O) groups excluding carboxylic acids is 2. The summed E-state index contributed by atoms with van der Waals surface area (Å²) in [5.74, 6) is -0.365. The Morgan fingerprint density at radius 2 is 1.89 bits per heavy atom. The first-order valence-electron chi connectivity index (χ1n) is 6.27. The summed E-state index contributed by atoms with van der Waals surface area (Å²) >= 11 is 0. The Kier molecular flexibility index (Phi) is 3.50. The standard InChI is InChI=1S/C15H18O3/c1-9-5-4-6-10(2)8-13-14(12(16)7-9)11(3)15(17)18-13/h5,8,13H,4,6-7H2,1-3H3/b9-5+,10-8-/t13-/m0/s1. The Morgan fingerprint density at radius 3 is 2.61 bits per heavy atom. The van der Waals surface area contributed by atoms with Gasteiger partial charge in [0.2, 0.25) is 0 Å². The van der Waals surface area contributed by atoms with E-state index >= 15 is 0 Å². The summed E-state index contributed by atoms with van der Waals surface area (Å²) in [6, 6.07) is 0. The highest BCUT2D eigenvalue weighted by Crippen LogP contribution is 2.28. The number of esters is 1. The summed E-state index contributed by atoms with van der Waals surface area (Å²) < 4.78 is 5.26. The van der Waals surface area contributed by atoms with Crippen LogP contribution in [0.15, 0.2) is 34.4 Å². The molecule has 0 aromatic carbocycles. The molecule has 3 heteroatoms. The van der Waals surface area contributed by atoms with Crippen LogP contribution in [0.4, 0.5) is 0 Å². The molecule has 0 aromatic rings. The summed E-state index contributed by atoms with van der Waals surface area (Å²) in [7, 11) is 0. The van der Waals surface area contributed by atoms with E-state index in [0.29, 0.717) is 17.6 Å². The number of carbonyl (C=O) groups is 2. The quantitative estimate of drug-likeness (QED) is 0.487. The van der Waals surface area contributed by atoms with E-state index in [9.17, 15) is 9.59 Å². The number of ether oxygens (including phenoxy) is 1. The maximum absolute atomic E-state index is 12.2. The van der Waals surface area contributed by atoms with Crippen LogP contribution in [0.1, 0.15) is 40.0 Å². The summed E-state index contributed by atoms with van der Waals surface area (Å²) in [5, 5.41) is 0. The van der Waals surface area contributed by atoms with E-state index in [4.69, 9.17) is 4.74 Å². The number of rotatable bonds is 0. The first kappa shape index (κ1) is 12.8. The predicted octanol–water partition coefficient (Wildman–Crippen LogP) is 2.87. The van der Waals surface area contributed by atoms with Crippen LogP contribution in [0.25, 0.3) is 0 Å². The van der Waals surface area contributed by atoms with Crippen LogP contribution in [-0.4, -0.2) is 17.9 Å². The maximum Gasteiger partial charge on any atom is 0.335 e. The first-order valence-corrected chi connectivity index (χ1v) is 6.27. The number of allylic oxidation sites excluding steroid dienone is 3. The van der Waals surface area contributed by atoms with Gasteiger partial charge in [-0.15, -0.1) is 0 Å². The second-order valence-corrected chi connectivity index (χ2v) is 5.07. The van der Waals surface area contributed by atoms with Crippen molar-refractivity contribution < 1.29 is 14.3 Å². The van der Waals surface area contributed by atoms with E-state index in [1.54, 1.807) is 6.92 Å². The minimum absolute atomic E-state index is 0.00282. The number of ketones is 1. The molecule has 0 unspecified atom stereocenters. The van der Waals surface area contributed by atoms with Crippen molar-refractivity contribution in [3.8, 4) is 0 Å². The molecule has 0 aromatic heterocycles. The molecule has 2 aliphatic rings. The van der Waals surface area contributed by atoms with Gasteiger partial charge in [-0.1, -0.05) is 17.2 Å². The molecule has 18 heavy (non-hydrogen) atoms. The molecule has 0 saturated carbocycles. The topological polar surface area (TPSA) is 43.4 Å². The number of hydrogen-bond donors (Lipinski definition) is 0. The average molecular weight is 246 g/mol. The lowest BCUT2D eigenvalue weighted by Gasteiger charge is -2.13. The Balaban J connectivity index is 2.43. The number of Topliss-reactive ketones (excluding diaryl/α,β-unsaturated/α-hetero) is 1. The molecule has 0 amide bonds. The Morgan fingerprint density at radius 1 is 1.17 bits per heavy atom. The van der Waals surface area contributed by atoms with Crippen LogP contribution in [0, 0.1) is 0 Å². The highest BCUT2D eigenvalue weighted by molar-refractivity contribution is 6.08. The van der Waals surface area contributed by atoms with Crippen molar-refractivity contribution in [1.82, 2.24) is 0 Å². The fourth-order valence-electron chi connectivity index (χ4n) is 2.38. The molecule has 96 valence electrons. The van der Waals surface area contributed by atoms with Crippen LogP contribution >= 0.6 is 0 Å². The van der Waals surface area contributed by atoms with Crippen LogP contribution in [0.2, 0.25) is 0 Å². The van der Waals surface area contributed by atoms with Gasteiger partial charge in [-0.05, 0) is 39.7 Å². The molecule has 1 heterocycles. The monoisotopic (exact) mass is 246 g/mol. The van der Waals surface area contributed by atoms with Gasteiger partial charge >= 0.3 is 5.97 Å². The number of fused-ring (bicyclic) bond motifs is 1. The molecule has 3 nitrogen and oxygen atoms in total. The van der Waals surface area contributed by atoms with Gasteiger partial charge in [0, 0.05) is 17.6 Å². The van der Waals surface area contributed by atoms with Crippen molar-refractivity contribution in [1.29, 1.82) is 0 Å². The molecule has 1 aliphatic heterocycles. The zero-order valence-corrected chi connectivity index (χ0v) is 11.1. The molecule has 0 spiro atoms. The van der Waals surface area contributed by atoms with Crippen molar-refractivity contribution in [3.05, 3.63) is 34.4 Å². The molecule has 0 saturated heterocycles. The predicted molar refractivity (Wildman–Crippen MR) is 69.0 cm³/mol. The molecule has 1 aliphatic carbocycles. The molecule has 0 fully saturated rings. The lowest BCUT2D eigenvalue weighted by molar-refractivity contribution is -0.138. The van der Waals surface area contributed by atoms with Crippen LogP contribution < -0.4 is 0 Å². The highest BCUT2D eigenvalue weighted by atomic mass is 16.5. The van der Waals surface area contributed by atoms with E-state index in [1.807, 2.05) is 19.9 Å². The summed E-state index contributed by atoms with van der Waals surface area (Å²) in [6.45, 7) is 5.64. The largest absolute Gasteiger partial charge is 0.450 e. The summed E-state index contributed by atoms with van der Waals surface area (Å²) in [4.78, 5) is 23.8. The maximum atomic E-state index is 12.2. The van der Waals surface area contributed by atoms with Gasteiger partial charge in [-0.2, -0.15) is 0 Å². The normalized spacial score (nSPS) is 31.2. The Bertz CT molecular complexity index is 492. The van der Waals surface area contributed by atoms with Gasteiger partial charge in [0.05, 0.1) is 0 Å². The van der Waals surface area contributed by atoms with Crippen molar-refractivity contribution in [3.63, 3.8) is 0 Å². The molecular weight excluding hydrogens is 228 g/mol. The van der Waals surface area contributed by atoms with E-state index < -0.39 is 6.10 Å². The Labute approximate surface area is 107 Å². The lowest BCUT2D eigenvalue weighted by atomic mass is 9.93. The second-order valence-electron chi connectivity index (χ2n) is 5.07. The molecule has 0 bridgehead atoms. The fraction of sp³-hybridized carbons (Fsp3) is 0.467. The third-order valence-electron chi connectivity index (χ3n) is 3.44. The van der Waals surface area contributed by atoms with E-state index in [0.717, 1.165) is 24.0 Å². The minimum Gasteiger partial charge on any atom is -0.450 e. The van der Waals surface area contributed by atoms with Crippen molar-refractivity contribution in [2.24, 2.45) is 0 Å². The van der Waals surface area contributed by atoms with Gasteiger partial charge in [-0.3, -0.25) is 4.79 Å². The van der Waals surface area contributed by atoms with Gasteiger partial charge in [0.25, 0.3) is 0 Å². The van der Waals surface area contributed by atoms with Gasteiger partial charge in [-0.25, -0.2) is 4.79 Å². The van der Waals surface area contributed by atoms with Gasteiger partial charge in [0.15, 0.2) is 5.78 Å². The van der Waals surface area contributed by atoms with Crippen LogP contribution in [-0.2, 0) is 14.3 Å². The van der Waals surface area contributed by atoms with Crippen molar-refractivity contribution in [2.45, 2.75) is 46.1 Å². The van der Waals surface area contributed by atoms with Crippen LogP contribution in [0.5, 0.6) is 0 Å². The van der Waals surface area contributed by atoms with Crippen LogP contribution in [0.3, 0.4) is 0 Å². The van der Waals surface area contributed by atoms with Crippen molar-refractivity contribution >= 4 is 11.8 Å². The lowest BCUT2D eigenvalue weighted by Crippen LogP contribution is -2.16. The zero-order valence-electron chi connectivity index (χ0n) is 11.1. The molecule has 0 radical (unpaired) electrons. The highest BCUT2D eigenvalue weighted by Gasteiger charge is 2.34. The van der Waals surface area contributed by atoms with E-state index in [2.05, 4.69) is 6.08 Å². The zero-order chi connectivity index (χ0) is 13.3. The summed E-state index contributed by atoms with van der Waals surface area (Å²) in [6.07, 6.45) is 5.77. The molecule has 0 N–H and O–H groups in total. The first-order chi connectivity index (χ1) is 8.49. The minimum atomic E-state index is -0.476. The molecule has 2 rings (SSSR count). The number of hydrogen-bond acceptors (Lipinski definition) is 3. The smallest absolute Gasteiger partial charge is 0.335 e.